The zero-order valence-electron chi connectivity index (χ0n) is 20.0. The van der Waals surface area contributed by atoms with Crippen molar-refractivity contribution in [2.45, 2.75) is 32.7 Å². The fourth-order valence-corrected chi connectivity index (χ4v) is 4.57. The van der Waals surface area contributed by atoms with Crippen LogP contribution < -0.4 is 19.8 Å². The van der Waals surface area contributed by atoms with Gasteiger partial charge in [-0.25, -0.2) is 4.98 Å². The maximum atomic E-state index is 13.8. The summed E-state index contributed by atoms with van der Waals surface area (Å²) in [6, 6.07) is 14.8. The Morgan fingerprint density at radius 2 is 1.89 bits per heavy atom. The van der Waals surface area contributed by atoms with Gasteiger partial charge in [-0.3, -0.25) is 14.5 Å². The third-order valence-corrected chi connectivity index (χ3v) is 6.30. The second-order valence-corrected chi connectivity index (χ2v) is 8.86. The van der Waals surface area contributed by atoms with Gasteiger partial charge in [0.15, 0.2) is 16.9 Å². The molecule has 0 bridgehead atoms. The topological polar surface area (TPSA) is 81.9 Å². The predicted octanol–water partition coefficient (Wildman–Crippen LogP) is 6.17. The molecule has 1 atom stereocenters. The summed E-state index contributed by atoms with van der Waals surface area (Å²) in [5, 5.41) is 0.718. The van der Waals surface area contributed by atoms with Crippen molar-refractivity contribution in [1.82, 2.24) is 4.98 Å². The van der Waals surface area contributed by atoms with Crippen molar-refractivity contribution in [2.24, 2.45) is 0 Å². The molecule has 36 heavy (non-hydrogen) atoms. The van der Waals surface area contributed by atoms with E-state index in [1.54, 1.807) is 42.6 Å². The molecule has 0 spiro atoms. The monoisotopic (exact) mass is 504 g/mol. The highest BCUT2D eigenvalue weighted by molar-refractivity contribution is 6.31. The standard InChI is InChI=1S/C28H25ClN2O5/c1-3-5-14-35-21-11-9-17(15-22(21)34-4-2)25-24-26(32)19-16-18(29)10-12-20(19)36-27(24)28(33)31(25)23-8-6-7-13-30-23/h6-13,15-16,25H,3-5,14H2,1-2H3. The molecule has 0 N–H and O–H groups in total. The number of pyridine rings is 1. The molecule has 1 amide bonds. The van der Waals surface area contributed by atoms with E-state index in [0.717, 1.165) is 12.8 Å². The smallest absolute Gasteiger partial charge is 0.296 e. The van der Waals surface area contributed by atoms with Crippen LogP contribution in [0.3, 0.4) is 0 Å². The van der Waals surface area contributed by atoms with E-state index < -0.39 is 11.9 Å². The molecule has 7 nitrogen and oxygen atoms in total. The van der Waals surface area contributed by atoms with Crippen LogP contribution in [0.25, 0.3) is 11.0 Å². The molecule has 184 valence electrons. The molecule has 2 aromatic heterocycles. The average Bonchev–Trinajstić information content (AvgIpc) is 3.18. The number of carbonyl (C=O) groups is 1. The van der Waals surface area contributed by atoms with Gasteiger partial charge in [-0.15, -0.1) is 0 Å². The van der Waals surface area contributed by atoms with E-state index in [1.807, 2.05) is 25.1 Å². The third kappa shape index (κ3) is 4.20. The molecular weight excluding hydrogens is 480 g/mol. The minimum Gasteiger partial charge on any atom is -0.490 e. The number of anilines is 1. The number of halogens is 1. The summed E-state index contributed by atoms with van der Waals surface area (Å²) >= 11 is 6.17. The molecular formula is C28H25ClN2O5. The molecule has 0 saturated carbocycles. The zero-order valence-corrected chi connectivity index (χ0v) is 20.7. The molecule has 0 saturated heterocycles. The van der Waals surface area contributed by atoms with Crippen molar-refractivity contribution in [2.75, 3.05) is 18.1 Å². The SMILES string of the molecule is CCCCOc1ccc(C2c3c(oc4ccc(Cl)cc4c3=O)C(=O)N2c2ccccn2)cc1OCC. The zero-order chi connectivity index (χ0) is 25.2. The molecule has 0 radical (unpaired) electrons. The highest BCUT2D eigenvalue weighted by Crippen LogP contribution is 2.43. The minimum atomic E-state index is -0.772. The quantitative estimate of drug-likeness (QED) is 0.267. The van der Waals surface area contributed by atoms with Crippen LogP contribution in [0.5, 0.6) is 11.5 Å². The summed E-state index contributed by atoms with van der Waals surface area (Å²) in [6.07, 6.45) is 3.53. The molecule has 5 rings (SSSR count). The Morgan fingerprint density at radius 1 is 1.03 bits per heavy atom. The Morgan fingerprint density at radius 3 is 2.64 bits per heavy atom. The summed E-state index contributed by atoms with van der Waals surface area (Å²) < 4.78 is 17.8. The summed E-state index contributed by atoms with van der Waals surface area (Å²) in [5.74, 6) is 1.11. The molecule has 3 heterocycles. The van der Waals surface area contributed by atoms with E-state index in [0.29, 0.717) is 52.1 Å². The highest BCUT2D eigenvalue weighted by atomic mass is 35.5. The van der Waals surface area contributed by atoms with Crippen LogP contribution in [-0.4, -0.2) is 24.1 Å². The van der Waals surface area contributed by atoms with Crippen molar-refractivity contribution < 1.29 is 18.7 Å². The maximum absolute atomic E-state index is 13.8. The van der Waals surface area contributed by atoms with E-state index in [9.17, 15) is 9.59 Å². The molecule has 1 aliphatic heterocycles. The van der Waals surface area contributed by atoms with Gasteiger partial charge in [0, 0.05) is 11.2 Å². The summed E-state index contributed by atoms with van der Waals surface area (Å²) in [6.45, 7) is 4.99. The fourth-order valence-electron chi connectivity index (χ4n) is 4.40. The lowest BCUT2D eigenvalue weighted by Crippen LogP contribution is -2.30. The first-order chi connectivity index (χ1) is 17.5. The van der Waals surface area contributed by atoms with Crippen LogP contribution in [0, 0.1) is 0 Å². The van der Waals surface area contributed by atoms with Crippen molar-refractivity contribution >= 4 is 34.3 Å². The average molecular weight is 505 g/mol. The van der Waals surface area contributed by atoms with Crippen LogP contribution in [0.15, 0.2) is 70.0 Å². The number of fused-ring (bicyclic) bond motifs is 2. The van der Waals surface area contributed by atoms with Crippen LogP contribution in [0.4, 0.5) is 5.82 Å². The lowest BCUT2D eigenvalue weighted by molar-refractivity contribution is 0.0970. The van der Waals surface area contributed by atoms with Gasteiger partial charge in [-0.2, -0.15) is 0 Å². The molecule has 1 unspecified atom stereocenters. The molecule has 0 aliphatic carbocycles. The Kier molecular flexibility index (Phi) is 6.65. The van der Waals surface area contributed by atoms with Crippen molar-refractivity contribution in [3.63, 3.8) is 0 Å². The van der Waals surface area contributed by atoms with Gasteiger partial charge >= 0.3 is 0 Å². The van der Waals surface area contributed by atoms with Crippen LogP contribution in [0.1, 0.15) is 54.4 Å². The highest BCUT2D eigenvalue weighted by Gasteiger charge is 2.44. The Hall–Kier alpha value is -3.84. The van der Waals surface area contributed by atoms with Gasteiger partial charge < -0.3 is 13.9 Å². The van der Waals surface area contributed by atoms with Gasteiger partial charge in [-0.05, 0) is 61.4 Å². The number of ether oxygens (including phenoxy) is 2. The molecule has 0 fully saturated rings. The number of amides is 1. The second kappa shape index (κ2) is 10.0. The fraction of sp³-hybridized carbons (Fsp3) is 0.250. The second-order valence-electron chi connectivity index (χ2n) is 8.42. The van der Waals surface area contributed by atoms with E-state index in [-0.39, 0.29) is 16.8 Å². The number of aromatic nitrogens is 1. The van der Waals surface area contributed by atoms with Gasteiger partial charge in [0.05, 0.1) is 30.2 Å². The first-order valence-corrected chi connectivity index (χ1v) is 12.3. The van der Waals surface area contributed by atoms with Gasteiger partial charge in [0.2, 0.25) is 5.76 Å². The third-order valence-electron chi connectivity index (χ3n) is 6.07. The first kappa shape index (κ1) is 23.9. The van der Waals surface area contributed by atoms with Crippen LogP contribution >= 0.6 is 11.6 Å². The Labute approximate surface area is 213 Å². The van der Waals surface area contributed by atoms with E-state index in [4.69, 9.17) is 25.5 Å². The summed E-state index contributed by atoms with van der Waals surface area (Å²) in [5.41, 5.74) is 0.898. The van der Waals surface area contributed by atoms with Gasteiger partial charge in [0.25, 0.3) is 5.91 Å². The normalized spacial score (nSPS) is 14.8. The summed E-state index contributed by atoms with van der Waals surface area (Å²) in [4.78, 5) is 33.3. The number of hydrogen-bond donors (Lipinski definition) is 0. The van der Waals surface area contributed by atoms with Crippen LogP contribution in [-0.2, 0) is 0 Å². The van der Waals surface area contributed by atoms with Crippen molar-refractivity contribution in [3.05, 3.63) is 92.9 Å². The van der Waals surface area contributed by atoms with E-state index in [1.165, 1.54) is 4.90 Å². The predicted molar refractivity (Wildman–Crippen MR) is 138 cm³/mol. The Balaban J connectivity index is 1.71. The number of carbonyl (C=O) groups excluding carboxylic acids is 1. The molecule has 4 aromatic rings. The van der Waals surface area contributed by atoms with E-state index in [2.05, 4.69) is 11.9 Å². The van der Waals surface area contributed by atoms with Gasteiger partial charge in [0.1, 0.15) is 11.4 Å². The lowest BCUT2D eigenvalue weighted by Gasteiger charge is -2.25. The van der Waals surface area contributed by atoms with Gasteiger partial charge in [-0.1, -0.05) is 37.1 Å². The Bertz CT molecular complexity index is 1490. The number of unbranched alkanes of at least 4 members (excludes halogenated alkanes) is 1. The van der Waals surface area contributed by atoms with Crippen molar-refractivity contribution in [1.29, 1.82) is 0 Å². The molecule has 8 heteroatoms. The first-order valence-electron chi connectivity index (χ1n) is 11.9. The van der Waals surface area contributed by atoms with Crippen molar-refractivity contribution in [3.8, 4) is 11.5 Å². The van der Waals surface area contributed by atoms with Crippen LogP contribution in [0.2, 0.25) is 5.02 Å². The molecule has 2 aromatic carbocycles. The number of hydrogen-bond acceptors (Lipinski definition) is 6. The maximum Gasteiger partial charge on any atom is 0.296 e. The largest absolute Gasteiger partial charge is 0.490 e. The lowest BCUT2D eigenvalue weighted by atomic mass is 9.98. The number of rotatable bonds is 8. The number of benzene rings is 2. The van der Waals surface area contributed by atoms with E-state index >= 15 is 0 Å². The minimum absolute atomic E-state index is 0.00768. The molecule has 1 aliphatic rings. The number of nitrogens with zero attached hydrogens (tertiary/aromatic N) is 2. The summed E-state index contributed by atoms with van der Waals surface area (Å²) in [7, 11) is 0.